The molecule has 63 heavy (non-hydrogen) atoms. The summed E-state index contributed by atoms with van der Waals surface area (Å²) in [5.41, 5.74) is 17.8. The van der Waals surface area contributed by atoms with E-state index in [4.69, 9.17) is 0 Å². The van der Waals surface area contributed by atoms with Gasteiger partial charge in [0.2, 0.25) is 0 Å². The van der Waals surface area contributed by atoms with Crippen LogP contribution in [0.25, 0.3) is 88.3 Å². The Balaban J connectivity index is 0.947. The Bertz CT molecular complexity index is 3320. The van der Waals surface area contributed by atoms with Crippen molar-refractivity contribution in [2.75, 3.05) is 4.90 Å². The van der Waals surface area contributed by atoms with E-state index in [1.54, 1.807) is 0 Å². The van der Waals surface area contributed by atoms with Crippen LogP contribution in [0.5, 0.6) is 0 Å². The molecule has 0 saturated heterocycles. The summed E-state index contributed by atoms with van der Waals surface area (Å²) in [6.45, 7) is 0. The molecule has 0 aliphatic carbocycles. The summed E-state index contributed by atoms with van der Waals surface area (Å²) in [6.07, 6.45) is 0. The van der Waals surface area contributed by atoms with Crippen LogP contribution in [0.15, 0.2) is 261 Å². The first-order valence-electron chi connectivity index (χ1n) is 21.7. The van der Waals surface area contributed by atoms with Gasteiger partial charge in [-0.2, -0.15) is 0 Å². The van der Waals surface area contributed by atoms with E-state index in [0.29, 0.717) is 0 Å². The molecule has 0 amide bonds. The Morgan fingerprint density at radius 3 is 1.02 bits per heavy atom. The highest BCUT2D eigenvalue weighted by atomic mass is 15.1. The van der Waals surface area contributed by atoms with E-state index in [1.165, 1.54) is 88.3 Å². The maximum absolute atomic E-state index is 2.36. The normalized spacial score (nSPS) is 11.2. The van der Waals surface area contributed by atoms with Gasteiger partial charge in [-0.15, -0.1) is 0 Å². The first kappa shape index (κ1) is 37.7. The molecule has 0 heterocycles. The number of rotatable bonds is 9. The second-order valence-electron chi connectivity index (χ2n) is 16.1. The maximum atomic E-state index is 2.36. The highest BCUT2D eigenvalue weighted by Crippen LogP contribution is 2.41. The number of nitrogens with zero attached hydrogens (tertiary/aromatic N) is 1. The number of benzene rings is 11. The summed E-state index contributed by atoms with van der Waals surface area (Å²) in [5.74, 6) is 0. The third-order valence-electron chi connectivity index (χ3n) is 12.3. The number of anilines is 3. The van der Waals surface area contributed by atoms with Crippen molar-refractivity contribution < 1.29 is 0 Å². The minimum atomic E-state index is 1.09. The van der Waals surface area contributed by atoms with Crippen molar-refractivity contribution in [2.45, 2.75) is 0 Å². The van der Waals surface area contributed by atoms with Gasteiger partial charge >= 0.3 is 0 Å². The lowest BCUT2D eigenvalue weighted by molar-refractivity contribution is 1.28. The van der Waals surface area contributed by atoms with Gasteiger partial charge in [-0.1, -0.05) is 218 Å². The number of hydrogen-bond donors (Lipinski definition) is 0. The van der Waals surface area contributed by atoms with E-state index in [-0.39, 0.29) is 0 Å². The largest absolute Gasteiger partial charge is 0.311 e. The molecule has 0 aromatic heterocycles. The summed E-state index contributed by atoms with van der Waals surface area (Å²) in [5, 5.41) is 5.03. The summed E-state index contributed by atoms with van der Waals surface area (Å²) in [4.78, 5) is 2.36. The van der Waals surface area contributed by atoms with Crippen LogP contribution >= 0.6 is 0 Å². The molecule has 0 N–H and O–H groups in total. The van der Waals surface area contributed by atoms with Gasteiger partial charge < -0.3 is 4.90 Å². The lowest BCUT2D eigenvalue weighted by atomic mass is 9.91. The fourth-order valence-corrected chi connectivity index (χ4v) is 9.09. The molecule has 0 fully saturated rings. The van der Waals surface area contributed by atoms with E-state index in [1.807, 2.05) is 0 Å². The number of hydrogen-bond acceptors (Lipinski definition) is 1. The van der Waals surface area contributed by atoms with Gasteiger partial charge in [0.05, 0.1) is 0 Å². The smallest absolute Gasteiger partial charge is 0.0462 e. The molecular weight excluding hydrogens is 759 g/mol. The minimum absolute atomic E-state index is 1.09. The molecule has 11 aromatic rings. The zero-order chi connectivity index (χ0) is 42.0. The molecule has 11 rings (SSSR count). The third kappa shape index (κ3) is 7.47. The van der Waals surface area contributed by atoms with Crippen molar-refractivity contribution in [3.8, 4) is 66.8 Å². The Kier molecular flexibility index (Phi) is 9.97. The van der Waals surface area contributed by atoms with E-state index in [2.05, 4.69) is 266 Å². The summed E-state index contributed by atoms with van der Waals surface area (Å²) < 4.78 is 0. The lowest BCUT2D eigenvalue weighted by Crippen LogP contribution is -2.09. The Morgan fingerprint density at radius 2 is 0.524 bits per heavy atom. The lowest BCUT2D eigenvalue weighted by Gasteiger charge is -2.26. The molecular formula is C62H43N. The third-order valence-corrected chi connectivity index (χ3v) is 12.3. The van der Waals surface area contributed by atoms with Crippen LogP contribution in [-0.2, 0) is 0 Å². The fraction of sp³-hybridized carbons (Fsp3) is 0. The standard InChI is InChI=1S/C62H43N/c1-3-13-47(14-4-1)61-42-35-53(43-62(61)50-15-5-2-6-16-50)46-31-38-55(39-32-46)63(56-40-33-52(34-41-56)60-24-12-20-49-18-8-10-22-58(49)60)54-36-29-45(30-37-54)44-25-27-51(28-26-44)59-23-11-19-48-17-7-9-21-57(48)59/h1-43H. The van der Waals surface area contributed by atoms with Gasteiger partial charge in [0.1, 0.15) is 0 Å². The highest BCUT2D eigenvalue weighted by molar-refractivity contribution is 5.98. The van der Waals surface area contributed by atoms with Crippen LogP contribution in [0, 0.1) is 0 Å². The van der Waals surface area contributed by atoms with Crippen molar-refractivity contribution in [2.24, 2.45) is 0 Å². The average molecular weight is 802 g/mol. The van der Waals surface area contributed by atoms with Crippen molar-refractivity contribution >= 4 is 38.6 Å². The van der Waals surface area contributed by atoms with Gasteiger partial charge in [0.25, 0.3) is 0 Å². The molecule has 11 aromatic carbocycles. The molecule has 0 atom stereocenters. The summed E-state index contributed by atoms with van der Waals surface area (Å²) in [7, 11) is 0. The van der Waals surface area contributed by atoms with Crippen LogP contribution < -0.4 is 4.90 Å². The SMILES string of the molecule is c1ccc(-c2ccc(-c3ccc(N(c4ccc(-c5ccc(-c6cccc7ccccc67)cc5)cc4)c4ccc(-c5cccc6ccccc56)cc4)cc3)cc2-c2ccccc2)cc1. The van der Waals surface area contributed by atoms with Gasteiger partial charge in [0.15, 0.2) is 0 Å². The monoisotopic (exact) mass is 801 g/mol. The van der Waals surface area contributed by atoms with Gasteiger partial charge in [-0.05, 0) is 131 Å². The molecule has 0 aliphatic rings. The van der Waals surface area contributed by atoms with Gasteiger partial charge in [-0.25, -0.2) is 0 Å². The Hall–Kier alpha value is -8.26. The van der Waals surface area contributed by atoms with E-state index in [9.17, 15) is 0 Å². The van der Waals surface area contributed by atoms with Crippen LogP contribution in [0.4, 0.5) is 17.1 Å². The summed E-state index contributed by atoms with van der Waals surface area (Å²) in [6, 6.07) is 94.5. The maximum Gasteiger partial charge on any atom is 0.0462 e. The van der Waals surface area contributed by atoms with Crippen LogP contribution in [0.3, 0.4) is 0 Å². The fourth-order valence-electron chi connectivity index (χ4n) is 9.09. The first-order chi connectivity index (χ1) is 31.2. The summed E-state index contributed by atoms with van der Waals surface area (Å²) >= 11 is 0. The minimum Gasteiger partial charge on any atom is -0.311 e. The quantitative estimate of drug-likeness (QED) is 0.141. The highest BCUT2D eigenvalue weighted by Gasteiger charge is 2.16. The van der Waals surface area contributed by atoms with Crippen molar-refractivity contribution in [3.05, 3.63) is 261 Å². The molecule has 296 valence electrons. The molecule has 0 saturated carbocycles. The predicted molar refractivity (Wildman–Crippen MR) is 269 cm³/mol. The van der Waals surface area contributed by atoms with Crippen LogP contribution in [-0.4, -0.2) is 0 Å². The molecule has 1 nitrogen and oxygen atoms in total. The van der Waals surface area contributed by atoms with Gasteiger partial charge in [0, 0.05) is 17.1 Å². The second-order valence-corrected chi connectivity index (χ2v) is 16.1. The second kappa shape index (κ2) is 16.7. The zero-order valence-electron chi connectivity index (χ0n) is 34.8. The van der Waals surface area contributed by atoms with E-state index >= 15 is 0 Å². The molecule has 0 radical (unpaired) electrons. The van der Waals surface area contributed by atoms with Crippen molar-refractivity contribution in [1.82, 2.24) is 0 Å². The molecule has 0 spiro atoms. The average Bonchev–Trinajstić information content (AvgIpc) is 3.37. The molecule has 1 heteroatoms. The van der Waals surface area contributed by atoms with E-state index in [0.717, 1.165) is 17.1 Å². The predicted octanol–water partition coefficient (Wildman–Crippen LogP) is 17.5. The van der Waals surface area contributed by atoms with Crippen LogP contribution in [0.1, 0.15) is 0 Å². The van der Waals surface area contributed by atoms with E-state index < -0.39 is 0 Å². The number of fused-ring (bicyclic) bond motifs is 2. The zero-order valence-corrected chi connectivity index (χ0v) is 34.8. The molecule has 0 bridgehead atoms. The molecule has 0 aliphatic heterocycles. The van der Waals surface area contributed by atoms with Crippen LogP contribution in [0.2, 0.25) is 0 Å². The van der Waals surface area contributed by atoms with Gasteiger partial charge in [-0.3, -0.25) is 0 Å². The van der Waals surface area contributed by atoms with Crippen molar-refractivity contribution in [3.63, 3.8) is 0 Å². The molecule has 0 unspecified atom stereocenters. The Morgan fingerprint density at radius 1 is 0.190 bits per heavy atom. The topological polar surface area (TPSA) is 3.24 Å². The van der Waals surface area contributed by atoms with Crippen molar-refractivity contribution in [1.29, 1.82) is 0 Å². The Labute approximate surface area is 369 Å². The first-order valence-corrected chi connectivity index (χ1v) is 21.7.